The van der Waals surface area contributed by atoms with Crippen molar-refractivity contribution in [2.45, 2.75) is 106 Å². The number of aryl methyl sites for hydroxylation is 4. The quantitative estimate of drug-likeness (QED) is 0.0714. The molecule has 0 saturated carbocycles. The van der Waals surface area contributed by atoms with E-state index in [0.717, 1.165) is 84.3 Å². The summed E-state index contributed by atoms with van der Waals surface area (Å²) in [6.07, 6.45) is 12.4. The van der Waals surface area contributed by atoms with Gasteiger partial charge in [0, 0.05) is 159 Å². The van der Waals surface area contributed by atoms with Gasteiger partial charge in [-0.25, -0.2) is 42.4 Å². The van der Waals surface area contributed by atoms with Crippen LogP contribution in [0, 0.1) is 57.2 Å². The number of hydrogen-bond donors (Lipinski definition) is 0. The van der Waals surface area contributed by atoms with E-state index in [4.69, 9.17) is 15.0 Å². The molecule has 143 heavy (non-hydrogen) atoms. The van der Waals surface area contributed by atoms with Crippen LogP contribution in [-0.2, 0) is 75.8 Å². The van der Waals surface area contributed by atoms with Crippen molar-refractivity contribution in [3.63, 3.8) is 0 Å². The minimum atomic E-state index is -2.24. The molecule has 0 atom stereocenters. The van der Waals surface area contributed by atoms with Crippen molar-refractivity contribution in [3.8, 4) is 67.9 Å². The van der Waals surface area contributed by atoms with E-state index in [1.54, 1.807) is 0 Å². The fraction of sp³-hybridized carbons (Fsp3) is 0.136. The van der Waals surface area contributed by atoms with E-state index in [-0.39, 0.29) is 68.7 Å². The molecule has 0 aliphatic carbocycles. The number of rotatable bonds is 16. The van der Waals surface area contributed by atoms with Gasteiger partial charge in [0.15, 0.2) is 52.1 Å². The molecule has 0 spiro atoms. The second-order valence-electron chi connectivity index (χ2n) is 39.9. The van der Waals surface area contributed by atoms with Crippen molar-refractivity contribution >= 4 is 154 Å². The minimum Gasteiger partial charge on any atom is -0.319 e. The molecule has 24 rings (SSSR count). The van der Waals surface area contributed by atoms with Gasteiger partial charge in [0.2, 0.25) is 0 Å². The first-order valence-electron chi connectivity index (χ1n) is 48.4. The van der Waals surface area contributed by atoms with Crippen LogP contribution in [0.4, 0.5) is 0 Å². The predicted molar refractivity (Wildman–Crippen MR) is 593 cm³/mol. The Morgan fingerprint density at radius 1 is 0.280 bits per heavy atom. The fourth-order valence-electron chi connectivity index (χ4n) is 20.7. The molecule has 0 unspecified atom stereocenters. The summed E-state index contributed by atoms with van der Waals surface area (Å²) in [6.45, 7) is 32.1. The second-order valence-corrected chi connectivity index (χ2v) is 52.9. The Balaban J connectivity index is 0.000000135. The minimum absolute atomic E-state index is 0. The standard InChI is InChI=1S/C43H39N4Si.C42H37N4Si.C40H33N4Si.3Pt/c1-30-14-7-8-17-35(30)31-24-25-44-42(26-31)47-38-19-10-9-18-36(38)37-23-22-34(28-41(37)47)48(5,6)33-16-13-15-32(27-33)45-29-46(43(2,3)4)40-21-12-11-20-39(40)45;1-29(2)44-28-45(40-20-11-10-19-39(40)44)32-14-12-15-33(26-32)47(4,5)34-21-22-37-36-17-8-9-18-38(36)46(41(37)27-34)42-25-31(23-24-43-42)35-16-7-6-13-30(35)3;1-28-12-5-6-15-33(28)29-22-23-41-40(24-29)44-36-17-8-7-16-34(36)35-21-20-32(26-39(35)44)45(3,4)31-14-11-13-30(25-31)43-27-42(2)37-18-9-10-19-38(37)43;;;/h7-26,29H,1-6H3;6-25,28-29H,1-5H3;5-24,27H,1-4H3;;;/q3*-1;;;. The summed E-state index contributed by atoms with van der Waals surface area (Å²) in [4.78, 5) is 14.7. The smallest absolute Gasteiger partial charge is 0.188 e. The molecule has 9 heterocycles. The van der Waals surface area contributed by atoms with Gasteiger partial charge in [-0.3, -0.25) is 0 Å². The van der Waals surface area contributed by atoms with E-state index in [9.17, 15) is 0 Å². The van der Waals surface area contributed by atoms with Crippen LogP contribution in [0.1, 0.15) is 57.4 Å². The van der Waals surface area contributed by atoms with Gasteiger partial charge >= 0.3 is 0 Å². The molecule has 0 bridgehead atoms. The van der Waals surface area contributed by atoms with Crippen LogP contribution in [-0.4, -0.2) is 80.3 Å². The number of pyridine rings is 3. The largest absolute Gasteiger partial charge is 0.319 e. The number of aromatic nitrogens is 12. The van der Waals surface area contributed by atoms with Crippen molar-refractivity contribution in [2.24, 2.45) is 7.05 Å². The Morgan fingerprint density at radius 2 is 0.566 bits per heavy atom. The number of benzene rings is 15. The molecule has 0 fully saturated rings. The van der Waals surface area contributed by atoms with Gasteiger partial charge in [0.1, 0.15) is 17.5 Å². The Hall–Kier alpha value is -13.7. The van der Waals surface area contributed by atoms with Crippen molar-refractivity contribution in [3.05, 3.63) is 436 Å². The first-order valence-corrected chi connectivity index (χ1v) is 57.4. The van der Waals surface area contributed by atoms with Gasteiger partial charge in [-0.15, -0.1) is 52.6 Å². The van der Waals surface area contributed by atoms with Crippen LogP contribution in [0.15, 0.2) is 383 Å². The van der Waals surface area contributed by atoms with Crippen molar-refractivity contribution in [1.29, 1.82) is 0 Å². The van der Waals surface area contributed by atoms with Gasteiger partial charge in [0.25, 0.3) is 0 Å². The van der Waals surface area contributed by atoms with Gasteiger partial charge in [-0.2, -0.15) is 122 Å². The van der Waals surface area contributed by atoms with Crippen LogP contribution in [0.3, 0.4) is 0 Å². The molecular formula is C125H109N12Pt3Si3-3. The summed E-state index contributed by atoms with van der Waals surface area (Å²) >= 11 is 0. The Morgan fingerprint density at radius 3 is 0.916 bits per heavy atom. The van der Waals surface area contributed by atoms with Crippen molar-refractivity contribution in [1.82, 2.24) is 56.1 Å². The second kappa shape index (κ2) is 39.5. The molecule has 15 aromatic carbocycles. The first-order chi connectivity index (χ1) is 67.8. The Kier molecular flexibility index (Phi) is 27.1. The topological polar surface area (TPSA) is 83.0 Å². The zero-order valence-corrected chi connectivity index (χ0v) is 92.6. The van der Waals surface area contributed by atoms with Crippen molar-refractivity contribution < 1.29 is 63.2 Å². The van der Waals surface area contributed by atoms with Crippen molar-refractivity contribution in [2.75, 3.05) is 0 Å². The Labute approximate surface area is 882 Å². The molecule has 0 amide bonds. The van der Waals surface area contributed by atoms with E-state index in [1.807, 2.05) is 18.6 Å². The summed E-state index contributed by atoms with van der Waals surface area (Å²) in [7, 11) is -4.58. The third kappa shape index (κ3) is 17.9. The van der Waals surface area contributed by atoms with Crippen LogP contribution < -0.4 is 31.1 Å². The predicted octanol–water partition coefficient (Wildman–Crippen LogP) is 26.7. The molecule has 0 N–H and O–H groups in total. The zero-order chi connectivity index (χ0) is 96.2. The molecule has 18 heteroatoms. The molecule has 0 radical (unpaired) electrons. The molecule has 9 aromatic heterocycles. The van der Waals surface area contributed by atoms with Gasteiger partial charge < -0.3 is 13.7 Å². The monoisotopic (exact) mass is 2450 g/mol. The molecule has 24 aromatic rings. The Bertz CT molecular complexity index is 8990. The summed E-state index contributed by atoms with van der Waals surface area (Å²) in [5, 5.41) is 14.7. The van der Waals surface area contributed by atoms with E-state index >= 15 is 0 Å². The average molecular weight is 2450 g/mol. The average Bonchev–Trinajstić information content (AvgIpc) is 1.59. The van der Waals surface area contributed by atoms with E-state index in [0.29, 0.717) is 6.04 Å². The van der Waals surface area contributed by atoms with Gasteiger partial charge in [-0.1, -0.05) is 183 Å². The summed E-state index contributed by atoms with van der Waals surface area (Å²) in [6, 6.07) is 147. The van der Waals surface area contributed by atoms with E-state index < -0.39 is 24.2 Å². The summed E-state index contributed by atoms with van der Waals surface area (Å²) in [5.41, 5.74) is 27.8. The normalized spacial score (nSPS) is 11.9. The third-order valence-electron chi connectivity index (χ3n) is 28.6. The molecule has 0 aliphatic heterocycles. The van der Waals surface area contributed by atoms with E-state index in [1.165, 1.54) is 130 Å². The molecule has 714 valence electrons. The van der Waals surface area contributed by atoms with Gasteiger partial charge in [-0.05, 0) is 213 Å². The maximum atomic E-state index is 4.92. The molecular weight excluding hydrogens is 2340 g/mol. The van der Waals surface area contributed by atoms with Crippen LogP contribution >= 0.6 is 0 Å². The number of nitrogens with zero attached hydrogens (tertiary/aromatic N) is 12. The van der Waals surface area contributed by atoms with Crippen LogP contribution in [0.2, 0.25) is 39.3 Å². The summed E-state index contributed by atoms with van der Waals surface area (Å²) < 4.78 is 20.5. The number of hydrogen-bond acceptors (Lipinski definition) is 3. The molecule has 12 nitrogen and oxygen atoms in total. The van der Waals surface area contributed by atoms with Gasteiger partial charge in [0.05, 0.1) is 35.8 Å². The molecule has 0 aliphatic rings. The maximum Gasteiger partial charge on any atom is 0.188 e. The number of imidazole rings is 3. The fourth-order valence-corrected chi connectivity index (χ4v) is 27.2. The number of para-hydroxylation sites is 9. The SMILES string of the molecule is Cc1ccccc1-c1ccnc(-n2c3[c-]c([Si](C)(C)c4[c-]c(-n5[cH+]n(C(C)(C)C)c6ccccc65)ccc4)ccc3c3ccccc32)c1.Cc1ccccc1-c1ccnc(-n2c3[c-]c([Si](C)(C)c4[c-]c(-n5[cH+]n(C(C)C)c6ccccc65)ccc4)ccc3c3ccccc32)c1.Cc1ccccc1-c1ccnc(-n2c3[c-]c([Si](C)(C)c4[c-]c(-n5[cH+]n(C)c6ccccc65)ccc4)ccc3c3ccccc32)c1.[Pt].[Pt].[Pt]. The maximum absolute atomic E-state index is 4.92. The summed E-state index contributed by atoms with van der Waals surface area (Å²) in [5.74, 6) is 2.70. The first kappa shape index (κ1) is 98.1. The zero-order valence-electron chi connectivity index (χ0n) is 82.8. The van der Waals surface area contributed by atoms with Crippen LogP contribution in [0.5, 0.6) is 0 Å². The van der Waals surface area contributed by atoms with E-state index in [2.05, 4.69) is 544 Å². The molecule has 0 saturated heterocycles. The van der Waals surface area contributed by atoms with Crippen LogP contribution in [0.25, 0.3) is 166 Å². The number of fused-ring (bicyclic) bond motifs is 12. The third-order valence-corrected chi connectivity index (χ3v) is 38.4.